The fraction of sp³-hybridized carbons (Fsp3) is 0. The third-order valence-electron chi connectivity index (χ3n) is 1.19. The van der Waals surface area contributed by atoms with Crippen molar-refractivity contribution in [2.45, 2.75) is 0 Å². The summed E-state index contributed by atoms with van der Waals surface area (Å²) in [6.45, 7) is 0. The van der Waals surface area contributed by atoms with E-state index in [9.17, 15) is 27.4 Å². The quantitative estimate of drug-likeness (QED) is 0.254. The number of nitrogens with zero attached hydrogens (tertiary/aromatic N) is 3. The molecule has 0 N–H and O–H groups in total. The topological polar surface area (TPSA) is 71.3 Å². The van der Waals surface area contributed by atoms with E-state index < -0.39 is 12.2 Å². The molecular formula is C6H3BClF4N3O2. The van der Waals surface area contributed by atoms with E-state index >= 15 is 0 Å². The predicted molar refractivity (Wildman–Crippen MR) is 53.0 cm³/mol. The van der Waals surface area contributed by atoms with Gasteiger partial charge in [0.15, 0.2) is 4.98 Å². The summed E-state index contributed by atoms with van der Waals surface area (Å²) in [5.41, 5.74) is -0.135. The van der Waals surface area contributed by atoms with E-state index in [-0.39, 0.29) is 16.4 Å². The average molecular weight is 271 g/mol. The number of non-ortho nitro benzene ring substituents is 1. The molecule has 17 heavy (non-hydrogen) atoms. The summed E-state index contributed by atoms with van der Waals surface area (Å²) >= 11 is 5.50. The molecule has 0 unspecified atom stereocenters. The first-order chi connectivity index (χ1) is 7.63. The minimum Gasteiger partial charge on any atom is -0.418 e. The van der Waals surface area contributed by atoms with Crippen LogP contribution >= 0.6 is 11.6 Å². The number of halogens is 5. The molecule has 1 aromatic carbocycles. The fourth-order valence-electron chi connectivity index (χ4n) is 0.722. The molecule has 0 aliphatic carbocycles. The fourth-order valence-corrected chi connectivity index (χ4v) is 0.946. The summed E-state index contributed by atoms with van der Waals surface area (Å²) in [5, 5.41) is 18.7. The van der Waals surface area contributed by atoms with Gasteiger partial charge < -0.3 is 17.3 Å². The first-order valence-corrected chi connectivity index (χ1v) is 4.18. The molecule has 0 saturated carbocycles. The van der Waals surface area contributed by atoms with E-state index in [0.29, 0.717) is 0 Å². The van der Waals surface area contributed by atoms with E-state index in [0.717, 1.165) is 6.07 Å². The van der Waals surface area contributed by atoms with Gasteiger partial charge in [-0.25, -0.2) is 0 Å². The van der Waals surface area contributed by atoms with Gasteiger partial charge >= 0.3 is 12.9 Å². The zero-order chi connectivity index (χ0) is 13.6. The van der Waals surface area contributed by atoms with Crippen LogP contribution in [-0.4, -0.2) is 12.2 Å². The lowest BCUT2D eigenvalue weighted by Gasteiger charge is -1.94. The maximum atomic E-state index is 10.2. The lowest BCUT2D eigenvalue weighted by molar-refractivity contribution is -0.384. The second kappa shape index (κ2) is 6.00. The van der Waals surface area contributed by atoms with Crippen molar-refractivity contribution in [3.8, 4) is 0 Å². The predicted octanol–water partition coefficient (Wildman–Crippen LogP) is 4.03. The third kappa shape index (κ3) is 7.98. The standard InChI is InChI=1S/C6H3ClN3O2.BF4/c7-4-1-5(9-8)3-6(2-4)10(11)12;2-1(3,4)5/h1-3H;/q+1;-1. The van der Waals surface area contributed by atoms with Crippen molar-refractivity contribution in [3.05, 3.63) is 38.3 Å². The Labute approximate surface area is 96.9 Å². The summed E-state index contributed by atoms with van der Waals surface area (Å²) in [6, 6.07) is 3.61. The van der Waals surface area contributed by atoms with Crippen LogP contribution in [0, 0.1) is 15.5 Å². The van der Waals surface area contributed by atoms with Crippen molar-refractivity contribution in [3.63, 3.8) is 0 Å². The Bertz CT molecular complexity index is 456. The number of hydrogen-bond acceptors (Lipinski definition) is 3. The molecular weight excluding hydrogens is 268 g/mol. The van der Waals surface area contributed by atoms with E-state index in [2.05, 4.69) is 4.98 Å². The molecule has 0 atom stereocenters. The molecule has 0 aliphatic rings. The molecule has 1 aromatic rings. The molecule has 1 rings (SSSR count). The molecule has 5 nitrogen and oxygen atoms in total. The molecule has 92 valence electrons. The minimum atomic E-state index is -6.00. The van der Waals surface area contributed by atoms with Gasteiger partial charge in [0.05, 0.1) is 16.0 Å². The van der Waals surface area contributed by atoms with Crippen molar-refractivity contribution < 1.29 is 22.2 Å². The largest absolute Gasteiger partial charge is 0.673 e. The van der Waals surface area contributed by atoms with Gasteiger partial charge in [0.2, 0.25) is 5.39 Å². The van der Waals surface area contributed by atoms with E-state index in [4.69, 9.17) is 17.0 Å². The Balaban J connectivity index is 0.000000437. The monoisotopic (exact) mass is 271 g/mol. The first kappa shape index (κ1) is 15.1. The van der Waals surface area contributed by atoms with Crippen molar-refractivity contribution in [1.29, 1.82) is 5.39 Å². The SMILES string of the molecule is F[B-](F)(F)F.N#[N+]c1cc(Cl)cc([N+](=O)[O-])c1. The molecule has 11 heteroatoms. The average Bonchev–Trinajstić information content (AvgIpc) is 2.14. The minimum absolute atomic E-state index is 0.0641. The first-order valence-electron chi connectivity index (χ1n) is 3.81. The Morgan fingerprint density at radius 2 is 1.76 bits per heavy atom. The van der Waals surface area contributed by atoms with Crippen LogP contribution in [0.25, 0.3) is 4.98 Å². The number of nitro groups is 1. The third-order valence-corrected chi connectivity index (χ3v) is 1.41. The molecule has 0 spiro atoms. The van der Waals surface area contributed by atoms with Crippen LogP contribution in [0.1, 0.15) is 0 Å². The van der Waals surface area contributed by atoms with Gasteiger partial charge in [-0.1, -0.05) is 11.6 Å². The Kier molecular flexibility index (Phi) is 5.33. The van der Waals surface area contributed by atoms with Crippen molar-refractivity contribution in [2.75, 3.05) is 0 Å². The maximum absolute atomic E-state index is 10.2. The summed E-state index contributed by atoms with van der Waals surface area (Å²) in [4.78, 5) is 12.4. The van der Waals surface area contributed by atoms with Gasteiger partial charge in [-0.2, -0.15) is 0 Å². The Morgan fingerprint density at radius 3 is 2.12 bits per heavy atom. The highest BCUT2D eigenvalue weighted by Crippen LogP contribution is 2.25. The van der Waals surface area contributed by atoms with Crippen LogP contribution in [0.4, 0.5) is 28.6 Å². The molecule has 0 bridgehead atoms. The van der Waals surface area contributed by atoms with Gasteiger partial charge in [-0.15, -0.1) is 0 Å². The zero-order valence-electron chi connectivity index (χ0n) is 7.86. The molecule has 0 fully saturated rings. The van der Waals surface area contributed by atoms with E-state index in [1.54, 1.807) is 0 Å². The second-order valence-corrected chi connectivity index (χ2v) is 2.96. The smallest absolute Gasteiger partial charge is 0.418 e. The van der Waals surface area contributed by atoms with Crippen molar-refractivity contribution >= 4 is 30.2 Å². The number of benzene rings is 1. The molecule has 0 aliphatic heterocycles. The highest BCUT2D eigenvalue weighted by Gasteiger charge is 2.20. The summed E-state index contributed by atoms with van der Waals surface area (Å²) < 4.78 is 39.0. The number of nitro benzene ring substituents is 1. The lowest BCUT2D eigenvalue weighted by Crippen LogP contribution is -2.02. The van der Waals surface area contributed by atoms with Crippen LogP contribution in [-0.2, 0) is 0 Å². The van der Waals surface area contributed by atoms with Crippen LogP contribution in [0.5, 0.6) is 0 Å². The Morgan fingerprint density at radius 1 is 1.29 bits per heavy atom. The molecule has 0 radical (unpaired) electrons. The molecule has 0 heterocycles. The van der Waals surface area contributed by atoms with Crippen LogP contribution < -0.4 is 0 Å². The van der Waals surface area contributed by atoms with Crippen molar-refractivity contribution in [2.24, 2.45) is 0 Å². The number of rotatable bonds is 1. The maximum Gasteiger partial charge on any atom is 0.673 e. The molecule has 0 amide bonds. The molecule has 0 aromatic heterocycles. The van der Waals surface area contributed by atoms with Crippen LogP contribution in [0.3, 0.4) is 0 Å². The molecule has 0 saturated heterocycles. The van der Waals surface area contributed by atoms with Gasteiger partial charge in [0, 0.05) is 6.07 Å². The summed E-state index contributed by atoms with van der Waals surface area (Å²) in [7, 11) is -6.00. The zero-order valence-corrected chi connectivity index (χ0v) is 8.61. The van der Waals surface area contributed by atoms with Gasteiger partial charge in [-0.3, -0.25) is 10.1 Å². The second-order valence-electron chi connectivity index (χ2n) is 2.52. The highest BCUT2D eigenvalue weighted by atomic mass is 35.5. The number of hydrogen-bond donors (Lipinski definition) is 0. The van der Waals surface area contributed by atoms with Crippen molar-refractivity contribution in [1.82, 2.24) is 0 Å². The highest BCUT2D eigenvalue weighted by molar-refractivity contribution is 6.50. The van der Waals surface area contributed by atoms with Gasteiger partial charge in [-0.05, 0) is 0 Å². The van der Waals surface area contributed by atoms with E-state index in [1.165, 1.54) is 12.1 Å². The van der Waals surface area contributed by atoms with Gasteiger partial charge in [0.25, 0.3) is 5.69 Å². The van der Waals surface area contributed by atoms with E-state index in [1.807, 2.05) is 0 Å². The number of diazo groups is 1. The summed E-state index contributed by atoms with van der Waals surface area (Å²) in [6.07, 6.45) is 0. The normalized spacial score (nSPS) is 9.88. The summed E-state index contributed by atoms with van der Waals surface area (Å²) in [5.74, 6) is 0. The van der Waals surface area contributed by atoms with Crippen LogP contribution in [0.15, 0.2) is 18.2 Å². The Hall–Kier alpha value is -1.89. The van der Waals surface area contributed by atoms with Gasteiger partial charge in [0.1, 0.15) is 6.07 Å². The van der Waals surface area contributed by atoms with Crippen LogP contribution in [0.2, 0.25) is 5.02 Å². The lowest BCUT2D eigenvalue weighted by atomic mass is 10.3.